The second-order valence-electron chi connectivity index (χ2n) is 6.74. The number of carbonyl (C=O) groups excluding carboxylic acids is 3. The van der Waals surface area contributed by atoms with Gasteiger partial charge in [0.2, 0.25) is 11.8 Å². The minimum Gasteiger partial charge on any atom is -0.470 e. The Hall–Kier alpha value is -2.93. The van der Waals surface area contributed by atoms with Crippen LogP contribution in [0.15, 0.2) is 42.6 Å². The van der Waals surface area contributed by atoms with Gasteiger partial charge in [0.1, 0.15) is 11.1 Å². The number of carbonyl (C=O) groups is 3. The smallest absolute Gasteiger partial charge is 0.261 e. The van der Waals surface area contributed by atoms with Gasteiger partial charge in [-0.3, -0.25) is 19.3 Å². The van der Waals surface area contributed by atoms with E-state index in [1.165, 1.54) is 4.90 Å². The van der Waals surface area contributed by atoms with Crippen LogP contribution in [0.25, 0.3) is 0 Å². The fraction of sp³-hybridized carbons (Fsp3) is 0.300. The van der Waals surface area contributed by atoms with Crippen LogP contribution in [0, 0.1) is 0 Å². The molecule has 1 aromatic carbocycles. The molecule has 0 aliphatic carbocycles. The van der Waals surface area contributed by atoms with Gasteiger partial charge < -0.3 is 9.64 Å². The number of ether oxygens (including phenoxy) is 1. The minimum atomic E-state index is -0.294. The maximum Gasteiger partial charge on any atom is 0.261 e. The van der Waals surface area contributed by atoms with Gasteiger partial charge >= 0.3 is 0 Å². The molecular formula is C20H18ClN3O4. The Balaban J connectivity index is 1.22. The average Bonchev–Trinajstić information content (AvgIpc) is 2.90. The summed E-state index contributed by atoms with van der Waals surface area (Å²) in [6, 6.07) is 10.2. The van der Waals surface area contributed by atoms with Gasteiger partial charge in [-0.25, -0.2) is 4.98 Å². The maximum atomic E-state index is 12.3. The summed E-state index contributed by atoms with van der Waals surface area (Å²) in [6.45, 7) is 1.17. The number of benzene rings is 1. The van der Waals surface area contributed by atoms with E-state index < -0.39 is 0 Å². The fourth-order valence-electron chi connectivity index (χ4n) is 3.32. The van der Waals surface area contributed by atoms with Crippen molar-refractivity contribution in [1.29, 1.82) is 0 Å². The predicted octanol–water partition coefficient (Wildman–Crippen LogP) is 2.40. The highest BCUT2D eigenvalue weighted by atomic mass is 35.5. The number of hydrogen-bond acceptors (Lipinski definition) is 5. The van der Waals surface area contributed by atoms with Crippen molar-refractivity contribution in [1.82, 2.24) is 14.8 Å². The Morgan fingerprint density at radius 3 is 2.43 bits per heavy atom. The van der Waals surface area contributed by atoms with Crippen LogP contribution in [0.1, 0.15) is 33.6 Å². The van der Waals surface area contributed by atoms with E-state index in [2.05, 4.69) is 4.98 Å². The molecule has 1 aromatic heterocycles. The van der Waals surface area contributed by atoms with Crippen molar-refractivity contribution >= 4 is 29.3 Å². The molecule has 2 aromatic rings. The molecule has 7 nitrogen and oxygen atoms in total. The molecular weight excluding hydrogens is 382 g/mol. The highest BCUT2D eigenvalue weighted by molar-refractivity contribution is 6.31. The van der Waals surface area contributed by atoms with Crippen LogP contribution in [0.3, 0.4) is 0 Å². The highest BCUT2D eigenvalue weighted by Crippen LogP contribution is 2.25. The van der Waals surface area contributed by atoms with E-state index >= 15 is 0 Å². The van der Waals surface area contributed by atoms with Crippen molar-refractivity contribution in [2.24, 2.45) is 0 Å². The third-order valence-corrected chi connectivity index (χ3v) is 5.14. The molecule has 0 saturated carbocycles. The van der Waals surface area contributed by atoms with Gasteiger partial charge in [-0.15, -0.1) is 0 Å². The van der Waals surface area contributed by atoms with Gasteiger partial charge in [-0.05, 0) is 30.7 Å². The van der Waals surface area contributed by atoms with E-state index in [1.807, 2.05) is 0 Å². The lowest BCUT2D eigenvalue weighted by Gasteiger charge is -2.38. The number of imide groups is 1. The Morgan fingerprint density at radius 2 is 1.79 bits per heavy atom. The number of amides is 3. The molecule has 2 aliphatic rings. The predicted molar refractivity (Wildman–Crippen MR) is 101 cm³/mol. The van der Waals surface area contributed by atoms with Gasteiger partial charge in [0, 0.05) is 19.2 Å². The molecule has 8 heteroatoms. The summed E-state index contributed by atoms with van der Waals surface area (Å²) >= 11 is 6.01. The summed E-state index contributed by atoms with van der Waals surface area (Å²) < 4.78 is 5.68. The summed E-state index contributed by atoms with van der Waals surface area (Å²) in [5, 5.41) is 0.438. The van der Waals surface area contributed by atoms with Gasteiger partial charge in [-0.1, -0.05) is 23.7 Å². The first-order chi connectivity index (χ1) is 13.5. The number of fused-ring (bicyclic) bond motifs is 1. The Morgan fingerprint density at radius 1 is 1.11 bits per heavy atom. The topological polar surface area (TPSA) is 79.8 Å². The van der Waals surface area contributed by atoms with Crippen LogP contribution in [0.5, 0.6) is 5.88 Å². The summed E-state index contributed by atoms with van der Waals surface area (Å²) in [6.07, 6.45) is 2.16. The largest absolute Gasteiger partial charge is 0.470 e. The quantitative estimate of drug-likeness (QED) is 0.697. The number of rotatable bonds is 6. The number of pyridine rings is 1. The highest BCUT2D eigenvalue weighted by Gasteiger charge is 2.36. The Labute approximate surface area is 166 Å². The van der Waals surface area contributed by atoms with Gasteiger partial charge in [-0.2, -0.15) is 0 Å². The number of aromatic nitrogens is 1. The van der Waals surface area contributed by atoms with Crippen LogP contribution in [0.4, 0.5) is 0 Å². The van der Waals surface area contributed by atoms with E-state index in [9.17, 15) is 14.4 Å². The lowest BCUT2D eigenvalue weighted by molar-refractivity contribution is -0.140. The SMILES string of the molecule is O=C(CCCN1C(=O)c2ccccc2C1=O)N1CC(Oc2ncccc2Cl)C1. The average molecular weight is 400 g/mol. The number of likely N-dealkylation sites (tertiary alicyclic amines) is 1. The summed E-state index contributed by atoms with van der Waals surface area (Å²) in [7, 11) is 0. The Kier molecular flexibility index (Phi) is 5.00. The van der Waals surface area contributed by atoms with Crippen molar-refractivity contribution < 1.29 is 19.1 Å². The van der Waals surface area contributed by atoms with Crippen molar-refractivity contribution in [2.75, 3.05) is 19.6 Å². The maximum absolute atomic E-state index is 12.3. The van der Waals surface area contributed by atoms with E-state index in [0.717, 1.165) is 0 Å². The van der Waals surface area contributed by atoms with Crippen LogP contribution < -0.4 is 4.74 Å². The second kappa shape index (κ2) is 7.59. The zero-order chi connectivity index (χ0) is 19.7. The number of halogens is 1. The number of nitrogens with zero attached hydrogens (tertiary/aromatic N) is 3. The molecule has 1 saturated heterocycles. The first-order valence-corrected chi connectivity index (χ1v) is 9.42. The Bertz CT molecular complexity index is 908. The molecule has 0 N–H and O–H groups in total. The van der Waals surface area contributed by atoms with Gasteiger partial charge in [0.15, 0.2) is 0 Å². The molecule has 0 atom stereocenters. The standard InChI is InChI=1S/C20H18ClN3O4/c21-16-7-3-9-22-18(16)28-13-11-23(12-13)17(25)8-4-10-24-19(26)14-5-1-2-6-15(14)20(24)27/h1-3,5-7,9,13H,4,8,10-12H2. The molecule has 0 bridgehead atoms. The third kappa shape index (κ3) is 3.45. The van der Waals surface area contributed by atoms with Gasteiger partial charge in [0.05, 0.1) is 24.2 Å². The normalized spacial score (nSPS) is 16.2. The van der Waals surface area contributed by atoms with Crippen molar-refractivity contribution in [3.8, 4) is 5.88 Å². The number of hydrogen-bond donors (Lipinski definition) is 0. The molecule has 2 aliphatic heterocycles. The first-order valence-electron chi connectivity index (χ1n) is 9.05. The molecule has 3 amide bonds. The zero-order valence-electron chi connectivity index (χ0n) is 15.0. The van der Waals surface area contributed by atoms with Crippen LogP contribution in [-0.4, -0.2) is 58.2 Å². The molecule has 0 spiro atoms. The monoisotopic (exact) mass is 399 g/mol. The summed E-state index contributed by atoms with van der Waals surface area (Å²) in [5.41, 5.74) is 0.851. The fourth-order valence-corrected chi connectivity index (χ4v) is 3.49. The van der Waals surface area contributed by atoms with Gasteiger partial charge in [0.25, 0.3) is 11.8 Å². The minimum absolute atomic E-state index is 0.0245. The molecule has 3 heterocycles. The summed E-state index contributed by atoms with van der Waals surface area (Å²) in [5.74, 6) is -0.245. The van der Waals surface area contributed by atoms with Crippen LogP contribution in [-0.2, 0) is 4.79 Å². The molecule has 0 unspecified atom stereocenters. The zero-order valence-corrected chi connectivity index (χ0v) is 15.8. The van der Waals surface area contributed by atoms with Crippen molar-refractivity contribution in [3.63, 3.8) is 0 Å². The van der Waals surface area contributed by atoms with Crippen LogP contribution in [0.2, 0.25) is 5.02 Å². The second-order valence-corrected chi connectivity index (χ2v) is 7.15. The lowest BCUT2D eigenvalue weighted by Crippen LogP contribution is -2.56. The van der Waals surface area contributed by atoms with Crippen molar-refractivity contribution in [2.45, 2.75) is 18.9 Å². The molecule has 1 fully saturated rings. The molecule has 144 valence electrons. The van der Waals surface area contributed by atoms with Crippen LogP contribution >= 0.6 is 11.6 Å². The lowest BCUT2D eigenvalue weighted by atomic mass is 10.1. The molecule has 4 rings (SSSR count). The van der Waals surface area contributed by atoms with E-state index in [4.69, 9.17) is 16.3 Å². The van der Waals surface area contributed by atoms with E-state index in [1.54, 1.807) is 47.5 Å². The van der Waals surface area contributed by atoms with Crippen molar-refractivity contribution in [3.05, 3.63) is 58.7 Å². The molecule has 28 heavy (non-hydrogen) atoms. The summed E-state index contributed by atoms with van der Waals surface area (Å²) in [4.78, 5) is 43.9. The molecule has 0 radical (unpaired) electrons. The van der Waals surface area contributed by atoms with E-state index in [-0.39, 0.29) is 36.8 Å². The van der Waals surface area contributed by atoms with E-state index in [0.29, 0.717) is 41.5 Å². The first kappa shape index (κ1) is 18.4. The third-order valence-electron chi connectivity index (χ3n) is 4.85.